The molecule has 0 bridgehead atoms. The van der Waals surface area contributed by atoms with Crippen molar-refractivity contribution >= 4 is 17.8 Å². The summed E-state index contributed by atoms with van der Waals surface area (Å²) in [5, 5.41) is 9.85. The first kappa shape index (κ1) is 21.1. The number of carbonyl (C=O) groups is 1. The monoisotopic (exact) mass is 416 g/mol. The van der Waals surface area contributed by atoms with Gasteiger partial charge in [-0.05, 0) is 23.3 Å². The molecule has 1 N–H and O–H groups in total. The van der Waals surface area contributed by atoms with Crippen molar-refractivity contribution in [2.75, 3.05) is 12.4 Å². The molecule has 0 fully saturated rings. The molecule has 9 heteroatoms. The van der Waals surface area contributed by atoms with Gasteiger partial charge in [-0.3, -0.25) is 9.48 Å². The zero-order valence-electron chi connectivity index (χ0n) is 16.3. The number of aryl methyl sites for hydroxylation is 1. The molecule has 0 aliphatic carbocycles. The number of nitrogens with one attached hydrogen (secondary N) is 1. The summed E-state index contributed by atoms with van der Waals surface area (Å²) < 4.78 is 42.0. The van der Waals surface area contributed by atoms with Gasteiger partial charge in [-0.25, -0.2) is 13.2 Å². The molecule has 0 spiro atoms. The van der Waals surface area contributed by atoms with Crippen LogP contribution in [0.4, 0.5) is 18.9 Å². The van der Waals surface area contributed by atoms with Gasteiger partial charge in [0.1, 0.15) is 18.6 Å². The fourth-order valence-corrected chi connectivity index (χ4v) is 2.97. The normalized spacial score (nSPS) is 11.3. The Morgan fingerprint density at radius 3 is 2.77 bits per heavy atom. The summed E-state index contributed by atoms with van der Waals surface area (Å²) in [4.78, 5) is 17.2. The van der Waals surface area contributed by atoms with Gasteiger partial charge in [0.05, 0.1) is 5.56 Å². The molecule has 0 radical (unpaired) electrons. The molecular weight excluding hydrogens is 397 g/mol. The van der Waals surface area contributed by atoms with E-state index < -0.39 is 23.8 Å². The average molecular weight is 416 g/mol. The van der Waals surface area contributed by atoms with Gasteiger partial charge in [0.25, 0.3) is 12.3 Å². The van der Waals surface area contributed by atoms with E-state index in [2.05, 4.69) is 20.4 Å². The van der Waals surface area contributed by atoms with Crippen LogP contribution in [0.15, 0.2) is 53.8 Å². The molecule has 0 atom stereocenters. The molecule has 3 aromatic rings. The third-order valence-corrected chi connectivity index (χ3v) is 4.34. The van der Waals surface area contributed by atoms with E-state index >= 15 is 0 Å². The average Bonchev–Trinajstić information content (AvgIpc) is 3.12. The lowest BCUT2D eigenvalue weighted by molar-refractivity contribution is 0.101. The minimum atomic E-state index is -2.88. The third-order valence-electron chi connectivity index (χ3n) is 4.34. The van der Waals surface area contributed by atoms with Gasteiger partial charge in [0.15, 0.2) is 0 Å². The lowest BCUT2D eigenvalue weighted by atomic mass is 10.0. The second-order valence-electron chi connectivity index (χ2n) is 6.38. The van der Waals surface area contributed by atoms with Crippen LogP contribution in [0.3, 0.4) is 0 Å². The van der Waals surface area contributed by atoms with Gasteiger partial charge >= 0.3 is 0 Å². The molecule has 30 heavy (non-hydrogen) atoms. The van der Waals surface area contributed by atoms with E-state index in [4.69, 9.17) is 0 Å². The minimum absolute atomic E-state index is 0.221. The first-order chi connectivity index (χ1) is 14.4. The highest BCUT2D eigenvalue weighted by Gasteiger charge is 2.23. The molecule has 6 nitrogen and oxygen atoms in total. The third kappa shape index (κ3) is 4.68. The lowest BCUT2D eigenvalue weighted by Gasteiger charge is -2.12. The van der Waals surface area contributed by atoms with Crippen molar-refractivity contribution in [3.63, 3.8) is 0 Å². The number of amides is 1. The highest BCUT2D eigenvalue weighted by Crippen LogP contribution is 2.30. The number of halogens is 3. The van der Waals surface area contributed by atoms with E-state index in [0.29, 0.717) is 22.4 Å². The van der Waals surface area contributed by atoms with E-state index in [1.54, 1.807) is 36.4 Å². The largest absolute Gasteiger partial charge is 0.399 e. The first-order valence-corrected chi connectivity index (χ1v) is 8.96. The van der Waals surface area contributed by atoms with Crippen LogP contribution >= 0.6 is 0 Å². The smallest absolute Gasteiger partial charge is 0.282 e. The molecule has 0 saturated carbocycles. The van der Waals surface area contributed by atoms with Crippen molar-refractivity contribution in [3.05, 3.63) is 71.3 Å². The number of oxime groups is 1. The van der Waals surface area contributed by atoms with Crippen molar-refractivity contribution in [3.8, 4) is 11.1 Å². The van der Waals surface area contributed by atoms with E-state index in [1.807, 2.05) is 0 Å². The van der Waals surface area contributed by atoms with Gasteiger partial charge in [0, 0.05) is 37.1 Å². The summed E-state index contributed by atoms with van der Waals surface area (Å²) in [5.41, 5.74) is 1.04. The Morgan fingerprint density at radius 1 is 1.30 bits per heavy atom. The molecular formula is C21H19F3N4O2. The van der Waals surface area contributed by atoms with Gasteiger partial charge in [-0.2, -0.15) is 5.10 Å². The van der Waals surface area contributed by atoms with E-state index in [9.17, 15) is 18.0 Å². The Morgan fingerprint density at radius 2 is 2.07 bits per heavy atom. The van der Waals surface area contributed by atoms with Gasteiger partial charge < -0.3 is 10.2 Å². The number of anilines is 1. The van der Waals surface area contributed by atoms with Crippen LogP contribution in [0.25, 0.3) is 11.1 Å². The maximum atomic E-state index is 14.5. The van der Waals surface area contributed by atoms with Crippen molar-refractivity contribution in [1.82, 2.24) is 9.78 Å². The number of hydrogen-bond donors (Lipinski definition) is 1. The fourth-order valence-electron chi connectivity index (χ4n) is 2.97. The topological polar surface area (TPSA) is 68.5 Å². The Labute approximate surface area is 171 Å². The lowest BCUT2D eigenvalue weighted by Crippen LogP contribution is -2.14. The quantitative estimate of drug-likeness (QED) is 0.452. The van der Waals surface area contributed by atoms with Gasteiger partial charge in [-0.1, -0.05) is 35.5 Å². The second kappa shape index (κ2) is 9.25. The molecule has 156 valence electrons. The Balaban J connectivity index is 1.89. The number of nitrogens with zero attached hydrogens (tertiary/aromatic N) is 3. The van der Waals surface area contributed by atoms with Gasteiger partial charge in [0.2, 0.25) is 0 Å². The summed E-state index contributed by atoms with van der Waals surface area (Å²) in [5.74, 6) is -1.16. The molecule has 2 aromatic carbocycles. The Kier molecular flexibility index (Phi) is 6.51. The van der Waals surface area contributed by atoms with Crippen LogP contribution in [0.2, 0.25) is 0 Å². The SMILES string of the molecule is CO/N=C/Cc1ccc(-c2ccccc2NC(=O)c2cn(C)nc2C(F)F)cc1F. The summed E-state index contributed by atoms with van der Waals surface area (Å²) in [6.07, 6.45) is 0.0527. The minimum Gasteiger partial charge on any atom is -0.399 e. The number of alkyl halides is 2. The van der Waals surface area contributed by atoms with E-state index in [-0.39, 0.29) is 12.0 Å². The van der Waals surface area contributed by atoms with Crippen LogP contribution in [-0.2, 0) is 18.3 Å². The predicted octanol–water partition coefficient (Wildman–Crippen LogP) is 4.59. The van der Waals surface area contributed by atoms with E-state index in [0.717, 1.165) is 4.68 Å². The van der Waals surface area contributed by atoms with Gasteiger partial charge in [-0.15, -0.1) is 0 Å². The van der Waals surface area contributed by atoms with Crippen LogP contribution in [-0.4, -0.2) is 29.0 Å². The zero-order valence-corrected chi connectivity index (χ0v) is 16.3. The molecule has 1 aromatic heterocycles. The standard InChI is InChI=1S/C21H19F3N4O2/c1-28-12-16(19(27-28)20(23)24)21(29)26-18-6-4-3-5-15(18)14-8-7-13(17(22)11-14)9-10-25-30-2/h3-8,10-12,20H,9H2,1-2H3,(H,26,29)/b25-10+. The summed E-state index contributed by atoms with van der Waals surface area (Å²) in [6.45, 7) is 0. The van der Waals surface area contributed by atoms with Crippen molar-refractivity contribution in [2.45, 2.75) is 12.8 Å². The van der Waals surface area contributed by atoms with Crippen molar-refractivity contribution in [2.24, 2.45) is 12.2 Å². The van der Waals surface area contributed by atoms with Crippen LogP contribution < -0.4 is 5.32 Å². The number of aromatic nitrogens is 2. The molecule has 3 rings (SSSR count). The molecule has 1 heterocycles. The summed E-state index contributed by atoms with van der Waals surface area (Å²) in [6, 6.07) is 11.4. The predicted molar refractivity (Wildman–Crippen MR) is 107 cm³/mol. The Hall–Kier alpha value is -3.62. The number of rotatable bonds is 7. The molecule has 0 aliphatic heterocycles. The van der Waals surface area contributed by atoms with Crippen LogP contribution in [0, 0.1) is 5.82 Å². The van der Waals surface area contributed by atoms with Crippen LogP contribution in [0.5, 0.6) is 0 Å². The summed E-state index contributed by atoms with van der Waals surface area (Å²) in [7, 11) is 2.86. The number of benzene rings is 2. The van der Waals surface area contributed by atoms with Crippen molar-refractivity contribution in [1.29, 1.82) is 0 Å². The number of carbonyl (C=O) groups excluding carboxylic acids is 1. The zero-order chi connectivity index (χ0) is 21.7. The highest BCUT2D eigenvalue weighted by atomic mass is 19.3. The maximum absolute atomic E-state index is 14.5. The number of para-hydroxylation sites is 1. The maximum Gasteiger partial charge on any atom is 0.282 e. The van der Waals surface area contributed by atoms with E-state index in [1.165, 1.54) is 32.6 Å². The fraction of sp³-hybridized carbons (Fsp3) is 0.190. The second-order valence-corrected chi connectivity index (χ2v) is 6.38. The van der Waals surface area contributed by atoms with Crippen molar-refractivity contribution < 1.29 is 22.8 Å². The first-order valence-electron chi connectivity index (χ1n) is 8.96. The number of hydrogen-bond acceptors (Lipinski definition) is 4. The van der Waals surface area contributed by atoms with Crippen LogP contribution in [0.1, 0.15) is 28.0 Å². The highest BCUT2D eigenvalue weighted by molar-refractivity contribution is 6.07. The Bertz CT molecular complexity index is 1080. The summed E-state index contributed by atoms with van der Waals surface area (Å²) >= 11 is 0. The molecule has 0 unspecified atom stereocenters. The molecule has 1 amide bonds. The molecule has 0 saturated heterocycles. The molecule has 0 aliphatic rings.